The lowest BCUT2D eigenvalue weighted by Gasteiger charge is -2.18. The Labute approximate surface area is 110 Å². The van der Waals surface area contributed by atoms with Gasteiger partial charge in [-0.2, -0.15) is 5.26 Å². The minimum absolute atomic E-state index is 0.0559. The van der Waals surface area contributed by atoms with E-state index in [4.69, 9.17) is 5.26 Å². The normalized spacial score (nSPS) is 11.9. The first-order chi connectivity index (χ1) is 7.99. The number of carbonyl (C=O) groups is 1. The number of hydrogen-bond acceptors (Lipinski definition) is 2. The molecule has 1 heterocycles. The van der Waals surface area contributed by atoms with Crippen LogP contribution in [0.2, 0.25) is 0 Å². The van der Waals surface area contributed by atoms with Gasteiger partial charge < -0.3 is 9.47 Å². The monoisotopic (exact) mass is 297 g/mol. The van der Waals surface area contributed by atoms with Gasteiger partial charge in [-0.15, -0.1) is 0 Å². The van der Waals surface area contributed by atoms with E-state index in [1.165, 1.54) is 0 Å². The number of aryl methyl sites for hydroxylation is 1. The van der Waals surface area contributed by atoms with Gasteiger partial charge in [0.2, 0.25) is 0 Å². The van der Waals surface area contributed by atoms with Crippen molar-refractivity contribution < 1.29 is 4.79 Å². The van der Waals surface area contributed by atoms with Gasteiger partial charge in [0, 0.05) is 30.8 Å². The van der Waals surface area contributed by atoms with Crippen molar-refractivity contribution in [3.05, 3.63) is 22.4 Å². The number of nitriles is 1. The average Bonchev–Trinajstić information content (AvgIpc) is 2.69. The third-order valence-electron chi connectivity index (χ3n) is 2.54. The number of nitrogens with zero attached hydrogens (tertiary/aromatic N) is 3. The molecule has 1 rings (SSSR count). The summed E-state index contributed by atoms with van der Waals surface area (Å²) in [6, 6.07) is 3.93. The maximum absolute atomic E-state index is 12.2. The highest BCUT2D eigenvalue weighted by Crippen LogP contribution is 2.16. The van der Waals surface area contributed by atoms with E-state index < -0.39 is 0 Å². The van der Waals surface area contributed by atoms with Crippen molar-refractivity contribution in [1.82, 2.24) is 9.47 Å². The van der Waals surface area contributed by atoms with Crippen LogP contribution in [0.15, 0.2) is 16.7 Å². The van der Waals surface area contributed by atoms with Gasteiger partial charge in [-0.05, 0) is 35.8 Å². The first kappa shape index (κ1) is 13.8. The molecule has 0 spiro atoms. The largest absolute Gasteiger partial charge is 0.343 e. The predicted octanol–water partition coefficient (Wildman–Crippen LogP) is 2.50. The molecule has 0 saturated heterocycles. The Morgan fingerprint density at radius 2 is 2.35 bits per heavy atom. The fourth-order valence-electron chi connectivity index (χ4n) is 1.65. The van der Waals surface area contributed by atoms with Crippen molar-refractivity contribution in [2.24, 2.45) is 5.92 Å². The summed E-state index contributed by atoms with van der Waals surface area (Å²) in [5, 5.41) is 8.74. The summed E-state index contributed by atoms with van der Waals surface area (Å²) in [6.07, 6.45) is 1.88. The SMILES string of the molecule is CCn1cc(Br)cc1C(=O)N(C)CC(C)C#N. The highest BCUT2D eigenvalue weighted by Gasteiger charge is 2.18. The molecule has 5 heteroatoms. The standard InChI is InChI=1S/C12H16BrN3O/c1-4-16-8-10(13)5-11(16)12(17)15(3)7-9(2)6-14/h5,8-9H,4,7H2,1-3H3. The lowest BCUT2D eigenvalue weighted by atomic mass is 10.2. The van der Waals surface area contributed by atoms with Gasteiger partial charge in [0.15, 0.2) is 0 Å². The van der Waals surface area contributed by atoms with Crippen molar-refractivity contribution in [3.63, 3.8) is 0 Å². The first-order valence-corrected chi connectivity index (χ1v) is 6.29. The Hall–Kier alpha value is -1.28. The van der Waals surface area contributed by atoms with Crippen molar-refractivity contribution in [2.45, 2.75) is 20.4 Å². The molecule has 0 aliphatic heterocycles. The molecule has 0 aromatic carbocycles. The van der Waals surface area contributed by atoms with Gasteiger partial charge in [0.05, 0.1) is 12.0 Å². The van der Waals surface area contributed by atoms with E-state index in [1.807, 2.05) is 17.7 Å². The average molecular weight is 298 g/mol. The molecule has 0 fully saturated rings. The molecule has 0 aliphatic carbocycles. The van der Waals surface area contributed by atoms with Crippen LogP contribution in [-0.4, -0.2) is 29.0 Å². The molecule has 0 N–H and O–H groups in total. The maximum atomic E-state index is 12.2. The van der Waals surface area contributed by atoms with E-state index in [0.717, 1.165) is 11.0 Å². The predicted molar refractivity (Wildman–Crippen MR) is 69.5 cm³/mol. The summed E-state index contributed by atoms with van der Waals surface area (Å²) in [6.45, 7) is 4.98. The fraction of sp³-hybridized carbons (Fsp3) is 0.500. The lowest BCUT2D eigenvalue weighted by molar-refractivity contribution is 0.0774. The van der Waals surface area contributed by atoms with E-state index in [9.17, 15) is 4.79 Å². The van der Waals surface area contributed by atoms with Crippen LogP contribution in [0, 0.1) is 17.2 Å². The van der Waals surface area contributed by atoms with Crippen LogP contribution < -0.4 is 0 Å². The Morgan fingerprint density at radius 3 is 2.88 bits per heavy atom. The topological polar surface area (TPSA) is 49.0 Å². The van der Waals surface area contributed by atoms with Crippen LogP contribution >= 0.6 is 15.9 Å². The van der Waals surface area contributed by atoms with Crippen molar-refractivity contribution in [2.75, 3.05) is 13.6 Å². The zero-order chi connectivity index (χ0) is 13.0. The fourth-order valence-corrected chi connectivity index (χ4v) is 2.11. The molecule has 1 aromatic heterocycles. The molecular weight excluding hydrogens is 282 g/mol. The van der Waals surface area contributed by atoms with E-state index in [1.54, 1.807) is 24.9 Å². The van der Waals surface area contributed by atoms with Gasteiger partial charge in [-0.3, -0.25) is 4.79 Å². The number of aromatic nitrogens is 1. The van der Waals surface area contributed by atoms with Crippen LogP contribution in [-0.2, 0) is 6.54 Å². The van der Waals surface area contributed by atoms with Crippen LogP contribution in [0.25, 0.3) is 0 Å². The number of carbonyl (C=O) groups excluding carboxylic acids is 1. The van der Waals surface area contributed by atoms with Crippen LogP contribution in [0.5, 0.6) is 0 Å². The van der Waals surface area contributed by atoms with Crippen molar-refractivity contribution in [1.29, 1.82) is 5.26 Å². The smallest absolute Gasteiger partial charge is 0.270 e. The summed E-state index contributed by atoms with van der Waals surface area (Å²) >= 11 is 3.36. The summed E-state index contributed by atoms with van der Waals surface area (Å²) in [5.74, 6) is -0.211. The summed E-state index contributed by atoms with van der Waals surface area (Å²) in [5.41, 5.74) is 0.645. The number of halogens is 1. The molecule has 1 unspecified atom stereocenters. The molecule has 0 bridgehead atoms. The third-order valence-corrected chi connectivity index (χ3v) is 2.97. The van der Waals surface area contributed by atoms with Crippen molar-refractivity contribution in [3.8, 4) is 6.07 Å². The van der Waals surface area contributed by atoms with Crippen LogP contribution in [0.1, 0.15) is 24.3 Å². The Balaban J connectivity index is 2.85. The maximum Gasteiger partial charge on any atom is 0.270 e. The molecule has 1 aromatic rings. The quantitative estimate of drug-likeness (QED) is 0.857. The molecule has 4 nitrogen and oxygen atoms in total. The second-order valence-corrected chi connectivity index (χ2v) is 4.96. The highest BCUT2D eigenvalue weighted by molar-refractivity contribution is 9.10. The van der Waals surface area contributed by atoms with E-state index in [0.29, 0.717) is 12.2 Å². The lowest BCUT2D eigenvalue weighted by Crippen LogP contribution is -2.32. The zero-order valence-electron chi connectivity index (χ0n) is 10.3. The second-order valence-electron chi connectivity index (χ2n) is 4.05. The van der Waals surface area contributed by atoms with E-state index in [-0.39, 0.29) is 11.8 Å². The second kappa shape index (κ2) is 5.87. The number of amides is 1. The summed E-state index contributed by atoms with van der Waals surface area (Å²) in [4.78, 5) is 13.7. The van der Waals surface area contributed by atoms with Crippen molar-refractivity contribution >= 4 is 21.8 Å². The number of rotatable bonds is 4. The van der Waals surface area contributed by atoms with Gasteiger partial charge >= 0.3 is 0 Å². The molecular formula is C12H16BrN3O. The minimum atomic E-state index is -0.155. The molecule has 1 amide bonds. The third kappa shape index (κ3) is 3.34. The van der Waals surface area contributed by atoms with Gasteiger partial charge in [-0.1, -0.05) is 0 Å². The Kier molecular flexibility index (Phi) is 4.76. The van der Waals surface area contributed by atoms with Gasteiger partial charge in [0.1, 0.15) is 5.69 Å². The van der Waals surface area contributed by atoms with E-state index >= 15 is 0 Å². The van der Waals surface area contributed by atoms with Gasteiger partial charge in [0.25, 0.3) is 5.91 Å². The number of hydrogen-bond donors (Lipinski definition) is 0. The molecule has 17 heavy (non-hydrogen) atoms. The van der Waals surface area contributed by atoms with Crippen LogP contribution in [0.4, 0.5) is 0 Å². The highest BCUT2D eigenvalue weighted by atomic mass is 79.9. The molecule has 92 valence electrons. The first-order valence-electron chi connectivity index (χ1n) is 5.50. The molecule has 0 aliphatic rings. The van der Waals surface area contributed by atoms with Gasteiger partial charge in [-0.25, -0.2) is 0 Å². The summed E-state index contributed by atoms with van der Waals surface area (Å²) < 4.78 is 2.78. The minimum Gasteiger partial charge on any atom is -0.343 e. The van der Waals surface area contributed by atoms with Crippen LogP contribution in [0.3, 0.4) is 0 Å². The van der Waals surface area contributed by atoms with E-state index in [2.05, 4.69) is 22.0 Å². The zero-order valence-corrected chi connectivity index (χ0v) is 11.9. The Bertz CT molecular complexity index is 447. The molecule has 0 radical (unpaired) electrons. The Morgan fingerprint density at radius 1 is 1.71 bits per heavy atom. The summed E-state index contributed by atoms with van der Waals surface area (Å²) in [7, 11) is 1.72. The molecule has 0 saturated carbocycles. The molecule has 1 atom stereocenters.